The number of ether oxygens (including phenoxy) is 1. The molecule has 0 spiro atoms. The predicted molar refractivity (Wildman–Crippen MR) is 103 cm³/mol. The van der Waals surface area contributed by atoms with Gasteiger partial charge in [0.05, 0.1) is 13.2 Å². The Labute approximate surface area is 162 Å². The number of carbonyl (C=O) groups is 1. The van der Waals surface area contributed by atoms with Crippen LogP contribution in [0.5, 0.6) is 0 Å². The van der Waals surface area contributed by atoms with E-state index in [9.17, 15) is 4.79 Å². The van der Waals surface area contributed by atoms with Crippen LogP contribution in [0.25, 0.3) is 11.5 Å². The maximum absolute atomic E-state index is 12.4. The molecule has 26 heavy (non-hydrogen) atoms. The monoisotopic (exact) mass is 434 g/mol. The molecule has 1 aliphatic heterocycles. The van der Waals surface area contributed by atoms with Crippen molar-refractivity contribution in [3.8, 4) is 11.5 Å². The number of hydrogen-bond donors (Lipinski definition) is 1. The number of nitrogens with one attached hydrogen (secondary N) is 1. The zero-order valence-electron chi connectivity index (χ0n) is 13.6. The van der Waals surface area contributed by atoms with Gasteiger partial charge in [-0.25, -0.2) is 4.98 Å². The minimum Gasteiger partial charge on any atom is -0.448 e. The van der Waals surface area contributed by atoms with Gasteiger partial charge in [-0.15, -0.1) is 0 Å². The number of amides is 1. The number of thiazole rings is 1. The fourth-order valence-electron chi connectivity index (χ4n) is 2.62. The highest BCUT2D eigenvalue weighted by Gasteiger charge is 2.23. The topological polar surface area (TPSA) is 80.5 Å². The lowest BCUT2D eigenvalue weighted by atomic mass is 10.2. The summed E-state index contributed by atoms with van der Waals surface area (Å²) in [5.41, 5.74) is 1.25. The number of aromatic nitrogens is 2. The molecule has 0 unspecified atom stereocenters. The zero-order valence-corrected chi connectivity index (χ0v) is 16.0. The number of carbonyl (C=O) groups excluding carboxylic acids is 1. The predicted octanol–water partition coefficient (Wildman–Crippen LogP) is 3.65. The lowest BCUT2D eigenvalue weighted by Gasteiger charge is -2.27. The van der Waals surface area contributed by atoms with Crippen LogP contribution in [0.2, 0.25) is 0 Å². The molecule has 0 aromatic carbocycles. The standard InChI is InChI=1S/C17H15BrN4O3S/c18-13-2-1-12(25-13)14-16(22-7-9-24-10-8-22)26-17(20-14)21-15(23)11-3-5-19-6-4-11/h1-6H,7-10H2,(H,20,21,23). The number of rotatable bonds is 4. The Morgan fingerprint density at radius 2 is 1.96 bits per heavy atom. The molecule has 3 aromatic rings. The maximum Gasteiger partial charge on any atom is 0.257 e. The largest absolute Gasteiger partial charge is 0.448 e. The smallest absolute Gasteiger partial charge is 0.257 e. The molecule has 0 aliphatic carbocycles. The average molecular weight is 435 g/mol. The first-order valence-electron chi connectivity index (χ1n) is 8.01. The van der Waals surface area contributed by atoms with Crippen molar-refractivity contribution in [3.05, 3.63) is 46.9 Å². The molecule has 0 bridgehead atoms. The first-order chi connectivity index (χ1) is 12.7. The van der Waals surface area contributed by atoms with Gasteiger partial charge in [-0.2, -0.15) is 0 Å². The second kappa shape index (κ2) is 7.56. The highest BCUT2D eigenvalue weighted by molar-refractivity contribution is 9.10. The van der Waals surface area contributed by atoms with Crippen molar-refractivity contribution in [2.45, 2.75) is 0 Å². The van der Waals surface area contributed by atoms with Crippen molar-refractivity contribution in [3.63, 3.8) is 0 Å². The van der Waals surface area contributed by atoms with Gasteiger partial charge >= 0.3 is 0 Å². The summed E-state index contributed by atoms with van der Waals surface area (Å²) in [6.07, 6.45) is 3.17. The Bertz CT molecular complexity index is 906. The van der Waals surface area contributed by atoms with E-state index in [2.05, 4.69) is 36.1 Å². The number of nitrogens with zero attached hydrogens (tertiary/aromatic N) is 3. The first-order valence-corrected chi connectivity index (χ1v) is 9.62. The van der Waals surface area contributed by atoms with Crippen molar-refractivity contribution in [1.82, 2.24) is 9.97 Å². The van der Waals surface area contributed by atoms with E-state index in [-0.39, 0.29) is 5.91 Å². The number of halogens is 1. The Balaban J connectivity index is 1.65. The summed E-state index contributed by atoms with van der Waals surface area (Å²) in [5, 5.41) is 4.35. The molecule has 9 heteroatoms. The number of morpholine rings is 1. The quantitative estimate of drug-likeness (QED) is 0.674. The molecule has 1 N–H and O–H groups in total. The van der Waals surface area contributed by atoms with Gasteiger partial charge in [-0.1, -0.05) is 11.3 Å². The number of pyridine rings is 1. The third-order valence-corrected chi connectivity index (χ3v) is 5.33. The molecule has 4 rings (SSSR count). The maximum atomic E-state index is 12.4. The van der Waals surface area contributed by atoms with Crippen LogP contribution in [0, 0.1) is 0 Å². The molecule has 1 saturated heterocycles. The summed E-state index contributed by atoms with van der Waals surface area (Å²) >= 11 is 4.76. The van der Waals surface area contributed by atoms with E-state index in [4.69, 9.17) is 9.15 Å². The minimum atomic E-state index is -0.221. The van der Waals surface area contributed by atoms with E-state index in [0.717, 1.165) is 18.1 Å². The zero-order chi connectivity index (χ0) is 17.9. The van der Waals surface area contributed by atoms with Gasteiger partial charge < -0.3 is 14.1 Å². The van der Waals surface area contributed by atoms with Crippen molar-refractivity contribution in [2.75, 3.05) is 36.5 Å². The Hall–Kier alpha value is -2.23. The summed E-state index contributed by atoms with van der Waals surface area (Å²) in [6.45, 7) is 2.87. The summed E-state index contributed by atoms with van der Waals surface area (Å²) in [6, 6.07) is 7.01. The van der Waals surface area contributed by atoms with Crippen LogP contribution < -0.4 is 10.2 Å². The molecular formula is C17H15BrN4O3S. The number of furan rings is 1. The lowest BCUT2D eigenvalue weighted by molar-refractivity contribution is 0.102. The number of anilines is 2. The van der Waals surface area contributed by atoms with Gasteiger partial charge in [0.2, 0.25) is 0 Å². The van der Waals surface area contributed by atoms with Gasteiger partial charge in [0, 0.05) is 31.0 Å². The van der Waals surface area contributed by atoms with E-state index in [1.54, 1.807) is 24.5 Å². The molecule has 1 fully saturated rings. The van der Waals surface area contributed by atoms with Crippen molar-refractivity contribution < 1.29 is 13.9 Å². The Morgan fingerprint density at radius 3 is 2.65 bits per heavy atom. The molecule has 1 aliphatic rings. The fraction of sp³-hybridized carbons (Fsp3) is 0.235. The molecule has 0 saturated carbocycles. The van der Waals surface area contributed by atoms with Crippen molar-refractivity contribution in [2.24, 2.45) is 0 Å². The van der Waals surface area contributed by atoms with E-state index >= 15 is 0 Å². The average Bonchev–Trinajstić information content (AvgIpc) is 3.29. The van der Waals surface area contributed by atoms with Crippen molar-refractivity contribution in [1.29, 1.82) is 0 Å². The third kappa shape index (κ3) is 3.64. The highest BCUT2D eigenvalue weighted by Crippen LogP contribution is 2.40. The lowest BCUT2D eigenvalue weighted by Crippen LogP contribution is -2.35. The molecular weight excluding hydrogens is 420 g/mol. The van der Waals surface area contributed by atoms with Gasteiger partial charge in [-0.05, 0) is 40.2 Å². The van der Waals surface area contributed by atoms with Gasteiger partial charge in [0.15, 0.2) is 15.6 Å². The van der Waals surface area contributed by atoms with Crippen molar-refractivity contribution >= 4 is 43.3 Å². The molecule has 0 radical (unpaired) electrons. The summed E-state index contributed by atoms with van der Waals surface area (Å²) < 4.78 is 11.8. The van der Waals surface area contributed by atoms with Crippen LogP contribution in [0.3, 0.4) is 0 Å². The molecule has 0 atom stereocenters. The number of hydrogen-bond acceptors (Lipinski definition) is 7. The first kappa shape index (κ1) is 17.2. The molecule has 134 valence electrons. The van der Waals surface area contributed by atoms with Crippen LogP contribution in [0.15, 0.2) is 45.7 Å². The van der Waals surface area contributed by atoms with Crippen LogP contribution in [0.4, 0.5) is 10.1 Å². The van der Waals surface area contributed by atoms with E-state index in [1.165, 1.54) is 11.3 Å². The van der Waals surface area contributed by atoms with Crippen LogP contribution in [0.1, 0.15) is 10.4 Å². The minimum absolute atomic E-state index is 0.221. The SMILES string of the molecule is O=C(Nc1nc(-c2ccc(Br)o2)c(N2CCOCC2)s1)c1ccncc1. The second-order valence-corrected chi connectivity index (χ2v) is 7.33. The van der Waals surface area contributed by atoms with Crippen LogP contribution in [-0.2, 0) is 4.74 Å². The molecule has 3 aromatic heterocycles. The van der Waals surface area contributed by atoms with Crippen LogP contribution >= 0.6 is 27.3 Å². The summed E-state index contributed by atoms with van der Waals surface area (Å²) in [7, 11) is 0. The van der Waals surface area contributed by atoms with E-state index < -0.39 is 0 Å². The van der Waals surface area contributed by atoms with Gasteiger partial charge in [0.25, 0.3) is 5.91 Å². The van der Waals surface area contributed by atoms with E-state index in [1.807, 2.05) is 12.1 Å². The van der Waals surface area contributed by atoms with Crippen LogP contribution in [-0.4, -0.2) is 42.2 Å². The second-order valence-electron chi connectivity index (χ2n) is 5.57. The van der Waals surface area contributed by atoms with Gasteiger partial charge in [-0.3, -0.25) is 15.1 Å². The Kier molecular flexibility index (Phi) is 5.00. The van der Waals surface area contributed by atoms with Gasteiger partial charge in [0.1, 0.15) is 10.7 Å². The summed E-state index contributed by atoms with van der Waals surface area (Å²) in [4.78, 5) is 23.2. The van der Waals surface area contributed by atoms with E-state index in [0.29, 0.717) is 40.0 Å². The normalized spacial score (nSPS) is 14.4. The summed E-state index contributed by atoms with van der Waals surface area (Å²) in [5.74, 6) is 0.431. The molecule has 1 amide bonds. The highest BCUT2D eigenvalue weighted by atomic mass is 79.9. The molecule has 4 heterocycles. The third-order valence-electron chi connectivity index (χ3n) is 3.88. The Morgan fingerprint density at radius 1 is 1.19 bits per heavy atom. The fourth-order valence-corrected chi connectivity index (χ4v) is 3.95. The molecule has 7 nitrogen and oxygen atoms in total.